The van der Waals surface area contributed by atoms with E-state index in [-0.39, 0.29) is 5.91 Å². The van der Waals surface area contributed by atoms with E-state index in [9.17, 15) is 4.79 Å². The average Bonchev–Trinajstić information content (AvgIpc) is 3.05. The fourth-order valence-electron chi connectivity index (χ4n) is 2.27. The molecule has 0 saturated carbocycles. The van der Waals surface area contributed by atoms with Gasteiger partial charge in [-0.15, -0.1) is 16.9 Å². The molecule has 7 heteroatoms. The van der Waals surface area contributed by atoms with Gasteiger partial charge in [-0.05, 0) is 29.0 Å². The summed E-state index contributed by atoms with van der Waals surface area (Å²) in [6, 6.07) is 3.56. The number of tetrazole rings is 1. The third-order valence-corrected chi connectivity index (χ3v) is 4.52. The number of hydrogen-bond donors (Lipinski definition) is 0. The average molecular weight is 277 g/mol. The Morgan fingerprint density at radius 3 is 3.26 bits per heavy atom. The molecule has 1 atom stereocenters. The van der Waals surface area contributed by atoms with Crippen LogP contribution in [0.3, 0.4) is 0 Å². The van der Waals surface area contributed by atoms with Crippen molar-refractivity contribution in [1.82, 2.24) is 24.9 Å². The Morgan fingerprint density at radius 1 is 1.53 bits per heavy atom. The summed E-state index contributed by atoms with van der Waals surface area (Å²) in [5, 5.41) is 11.5. The highest BCUT2D eigenvalue weighted by molar-refractivity contribution is 8.00. The number of nitrogens with zero attached hydrogens (tertiary/aromatic N) is 5. The second kappa shape index (κ2) is 5.16. The van der Waals surface area contributed by atoms with Gasteiger partial charge in [0.15, 0.2) is 5.65 Å². The van der Waals surface area contributed by atoms with Crippen LogP contribution in [0.15, 0.2) is 18.3 Å². The minimum atomic E-state index is 0.0702. The first-order valence-corrected chi connectivity index (χ1v) is 7.45. The molecular formula is C12H15N5OS. The molecule has 1 aliphatic heterocycles. The summed E-state index contributed by atoms with van der Waals surface area (Å²) in [4.78, 5) is 14.5. The molecule has 0 N–H and O–H groups in total. The summed E-state index contributed by atoms with van der Waals surface area (Å²) in [6.07, 6.45) is 3.83. The van der Waals surface area contributed by atoms with Crippen molar-refractivity contribution < 1.29 is 4.79 Å². The molecule has 2 aromatic heterocycles. The fraction of sp³-hybridized carbons (Fsp3) is 0.500. The van der Waals surface area contributed by atoms with E-state index in [0.29, 0.717) is 16.6 Å². The van der Waals surface area contributed by atoms with Crippen LogP contribution in [0.4, 0.5) is 0 Å². The van der Waals surface area contributed by atoms with E-state index in [0.717, 1.165) is 25.1 Å². The van der Waals surface area contributed by atoms with Gasteiger partial charge >= 0.3 is 0 Å². The lowest BCUT2D eigenvalue weighted by Crippen LogP contribution is -2.34. The van der Waals surface area contributed by atoms with Crippen molar-refractivity contribution in [3.05, 3.63) is 23.9 Å². The summed E-state index contributed by atoms with van der Waals surface area (Å²) < 4.78 is 1.53. The Kier molecular flexibility index (Phi) is 3.37. The highest BCUT2D eigenvalue weighted by Gasteiger charge is 2.29. The van der Waals surface area contributed by atoms with E-state index in [1.54, 1.807) is 18.3 Å². The number of aromatic nitrogens is 4. The van der Waals surface area contributed by atoms with Gasteiger partial charge in [-0.2, -0.15) is 4.52 Å². The first-order valence-electron chi connectivity index (χ1n) is 6.40. The van der Waals surface area contributed by atoms with Crippen molar-refractivity contribution >= 4 is 23.3 Å². The van der Waals surface area contributed by atoms with Gasteiger partial charge in [0.1, 0.15) is 0 Å². The smallest absolute Gasteiger partial charge is 0.256 e. The molecular weight excluding hydrogens is 262 g/mol. The summed E-state index contributed by atoms with van der Waals surface area (Å²) in [6.45, 7) is 2.97. The van der Waals surface area contributed by atoms with Gasteiger partial charge in [0.2, 0.25) is 0 Å². The predicted octanol–water partition coefficient (Wildman–Crippen LogP) is 1.44. The molecule has 6 nitrogen and oxygen atoms in total. The van der Waals surface area contributed by atoms with E-state index in [1.165, 1.54) is 4.52 Å². The van der Waals surface area contributed by atoms with Crippen LogP contribution in [0.2, 0.25) is 0 Å². The molecule has 0 bridgehead atoms. The third kappa shape index (κ3) is 2.30. The zero-order valence-corrected chi connectivity index (χ0v) is 11.5. The maximum Gasteiger partial charge on any atom is 0.256 e. The van der Waals surface area contributed by atoms with Crippen LogP contribution >= 0.6 is 11.8 Å². The minimum absolute atomic E-state index is 0.0702. The van der Waals surface area contributed by atoms with Crippen LogP contribution in [0.1, 0.15) is 30.1 Å². The van der Waals surface area contributed by atoms with Gasteiger partial charge in [0, 0.05) is 18.5 Å². The topological polar surface area (TPSA) is 63.4 Å². The molecule has 1 unspecified atom stereocenters. The zero-order chi connectivity index (χ0) is 13.2. The van der Waals surface area contributed by atoms with Crippen LogP contribution in [0.25, 0.3) is 5.65 Å². The normalized spacial score (nSPS) is 19.2. The number of thioether (sulfide) groups is 1. The Morgan fingerprint density at radius 2 is 2.42 bits per heavy atom. The Balaban J connectivity index is 1.86. The predicted molar refractivity (Wildman–Crippen MR) is 73.0 cm³/mol. The lowest BCUT2D eigenvalue weighted by atomic mass is 10.2. The van der Waals surface area contributed by atoms with E-state index >= 15 is 0 Å². The first-order chi connectivity index (χ1) is 9.29. The highest BCUT2D eigenvalue weighted by Crippen LogP contribution is 2.28. The molecule has 3 heterocycles. The number of carbonyl (C=O) groups is 1. The number of amides is 1. The summed E-state index contributed by atoms with van der Waals surface area (Å²) in [7, 11) is 0. The van der Waals surface area contributed by atoms with Crippen LogP contribution in [0.5, 0.6) is 0 Å². The van der Waals surface area contributed by atoms with Gasteiger partial charge < -0.3 is 4.90 Å². The molecule has 2 aromatic rings. The summed E-state index contributed by atoms with van der Waals surface area (Å²) in [5.74, 6) is 1.09. The molecule has 1 aliphatic rings. The van der Waals surface area contributed by atoms with Gasteiger partial charge in [-0.1, -0.05) is 13.3 Å². The standard InChI is InChI=1S/C12H15N5OS/c1-2-3-11-16(6-7-19-11)12(18)9-4-5-10-13-14-15-17(10)8-9/h4-5,8,11H,2-3,6-7H2,1H3. The first kappa shape index (κ1) is 12.4. The zero-order valence-electron chi connectivity index (χ0n) is 10.7. The molecule has 0 aromatic carbocycles. The van der Waals surface area contributed by atoms with Crippen molar-refractivity contribution in [2.75, 3.05) is 12.3 Å². The van der Waals surface area contributed by atoms with Crippen molar-refractivity contribution in [2.45, 2.75) is 25.1 Å². The van der Waals surface area contributed by atoms with Gasteiger partial charge in [-0.3, -0.25) is 4.79 Å². The number of pyridine rings is 1. The number of rotatable bonds is 3. The molecule has 0 radical (unpaired) electrons. The molecule has 1 amide bonds. The van der Waals surface area contributed by atoms with Crippen LogP contribution in [-0.4, -0.2) is 48.5 Å². The number of fused-ring (bicyclic) bond motifs is 1. The van der Waals surface area contributed by atoms with E-state index in [4.69, 9.17) is 0 Å². The summed E-state index contributed by atoms with van der Waals surface area (Å²) in [5.41, 5.74) is 1.29. The maximum absolute atomic E-state index is 12.5. The number of carbonyl (C=O) groups excluding carboxylic acids is 1. The molecule has 1 fully saturated rings. The Labute approximate surface area is 115 Å². The quantitative estimate of drug-likeness (QED) is 0.849. The largest absolute Gasteiger partial charge is 0.326 e. The van der Waals surface area contributed by atoms with Crippen LogP contribution < -0.4 is 0 Å². The molecule has 19 heavy (non-hydrogen) atoms. The van der Waals surface area contributed by atoms with Crippen LogP contribution in [0, 0.1) is 0 Å². The second-order valence-electron chi connectivity index (χ2n) is 4.51. The maximum atomic E-state index is 12.5. The minimum Gasteiger partial charge on any atom is -0.326 e. The molecule has 0 aliphatic carbocycles. The van der Waals surface area contributed by atoms with Crippen LogP contribution in [-0.2, 0) is 0 Å². The van der Waals surface area contributed by atoms with Gasteiger partial charge in [0.05, 0.1) is 10.9 Å². The highest BCUT2D eigenvalue weighted by atomic mass is 32.2. The fourth-order valence-corrected chi connectivity index (χ4v) is 3.63. The SMILES string of the molecule is CCCC1SCCN1C(=O)c1ccc2nnnn2c1. The van der Waals surface area contributed by atoms with E-state index < -0.39 is 0 Å². The van der Waals surface area contributed by atoms with E-state index in [2.05, 4.69) is 22.4 Å². The van der Waals surface area contributed by atoms with Gasteiger partial charge in [-0.25, -0.2) is 0 Å². The van der Waals surface area contributed by atoms with Crippen molar-refractivity contribution in [1.29, 1.82) is 0 Å². The monoisotopic (exact) mass is 277 g/mol. The lowest BCUT2D eigenvalue weighted by Gasteiger charge is -2.23. The van der Waals surface area contributed by atoms with Gasteiger partial charge in [0.25, 0.3) is 5.91 Å². The van der Waals surface area contributed by atoms with Crippen molar-refractivity contribution in [3.8, 4) is 0 Å². The third-order valence-electron chi connectivity index (χ3n) is 3.23. The Bertz CT molecular complexity index is 599. The molecule has 3 rings (SSSR count). The second-order valence-corrected chi connectivity index (χ2v) is 5.80. The molecule has 0 spiro atoms. The molecule has 100 valence electrons. The van der Waals surface area contributed by atoms with Crippen molar-refractivity contribution in [3.63, 3.8) is 0 Å². The number of hydrogen-bond acceptors (Lipinski definition) is 5. The lowest BCUT2D eigenvalue weighted by molar-refractivity contribution is 0.0756. The van der Waals surface area contributed by atoms with Crippen molar-refractivity contribution in [2.24, 2.45) is 0 Å². The molecule has 1 saturated heterocycles. The van der Waals surface area contributed by atoms with E-state index in [1.807, 2.05) is 16.7 Å². The Hall–Kier alpha value is -1.63. The summed E-state index contributed by atoms with van der Waals surface area (Å²) >= 11 is 1.86.